The Labute approximate surface area is 136 Å². The lowest BCUT2D eigenvalue weighted by Gasteiger charge is -2.30. The van der Waals surface area contributed by atoms with Gasteiger partial charge in [0.25, 0.3) is 0 Å². The zero-order chi connectivity index (χ0) is 17.5. The predicted molar refractivity (Wildman–Crippen MR) is 81.4 cm³/mol. The number of methoxy groups -OCH3 is 1. The standard InChI is InChI=1S/C16H16F3N3O2/c1-10-13(15(23)24-2)14-21(8-3-9-22(14)20-10)12-6-4-11(5-7-12)16(17,18)19/h4-7H,3,8-9H2,1-2H3. The van der Waals surface area contributed by atoms with Crippen LogP contribution in [0.5, 0.6) is 0 Å². The Morgan fingerprint density at radius 3 is 2.46 bits per heavy atom. The predicted octanol–water partition coefficient (Wildman–Crippen LogP) is 3.54. The van der Waals surface area contributed by atoms with Gasteiger partial charge in [-0.2, -0.15) is 18.3 Å². The van der Waals surface area contributed by atoms with Crippen molar-refractivity contribution < 1.29 is 22.7 Å². The van der Waals surface area contributed by atoms with Gasteiger partial charge in [-0.25, -0.2) is 9.48 Å². The third-order valence-corrected chi connectivity index (χ3v) is 4.00. The quantitative estimate of drug-likeness (QED) is 0.785. The van der Waals surface area contributed by atoms with Crippen LogP contribution in [0.4, 0.5) is 24.7 Å². The highest BCUT2D eigenvalue weighted by Crippen LogP contribution is 2.36. The van der Waals surface area contributed by atoms with Crippen LogP contribution in [0.1, 0.15) is 28.0 Å². The molecule has 0 fully saturated rings. The summed E-state index contributed by atoms with van der Waals surface area (Å²) in [5.41, 5.74) is 0.753. The number of esters is 1. The minimum atomic E-state index is -4.38. The highest BCUT2D eigenvalue weighted by molar-refractivity contribution is 5.97. The summed E-state index contributed by atoms with van der Waals surface area (Å²) in [7, 11) is 1.29. The molecule has 0 amide bonds. The van der Waals surface area contributed by atoms with E-state index in [1.165, 1.54) is 19.2 Å². The van der Waals surface area contributed by atoms with Crippen LogP contribution in [0.25, 0.3) is 0 Å². The summed E-state index contributed by atoms with van der Waals surface area (Å²) >= 11 is 0. The van der Waals surface area contributed by atoms with E-state index in [0.29, 0.717) is 35.9 Å². The van der Waals surface area contributed by atoms with Crippen molar-refractivity contribution in [3.63, 3.8) is 0 Å². The first-order valence-corrected chi connectivity index (χ1v) is 7.43. The van der Waals surface area contributed by atoms with Crippen LogP contribution in [-0.4, -0.2) is 29.4 Å². The van der Waals surface area contributed by atoms with E-state index in [4.69, 9.17) is 4.74 Å². The van der Waals surface area contributed by atoms with Gasteiger partial charge in [-0.15, -0.1) is 0 Å². The van der Waals surface area contributed by atoms with E-state index in [9.17, 15) is 18.0 Å². The third-order valence-electron chi connectivity index (χ3n) is 4.00. The third kappa shape index (κ3) is 2.72. The van der Waals surface area contributed by atoms with Gasteiger partial charge < -0.3 is 9.64 Å². The smallest absolute Gasteiger partial charge is 0.416 e. The van der Waals surface area contributed by atoms with Gasteiger partial charge in [0.2, 0.25) is 0 Å². The Morgan fingerprint density at radius 2 is 1.88 bits per heavy atom. The first-order valence-electron chi connectivity index (χ1n) is 7.43. The van der Waals surface area contributed by atoms with E-state index in [2.05, 4.69) is 5.10 Å². The van der Waals surface area contributed by atoms with E-state index in [1.807, 2.05) is 0 Å². The molecule has 128 valence electrons. The van der Waals surface area contributed by atoms with Crippen LogP contribution < -0.4 is 4.90 Å². The maximum atomic E-state index is 12.7. The lowest BCUT2D eigenvalue weighted by atomic mass is 10.1. The molecule has 2 heterocycles. The Bertz CT molecular complexity index is 766. The van der Waals surface area contributed by atoms with Crippen LogP contribution in [-0.2, 0) is 17.5 Å². The minimum absolute atomic E-state index is 0.345. The zero-order valence-electron chi connectivity index (χ0n) is 13.2. The molecule has 1 aliphatic heterocycles. The number of hydrogen-bond acceptors (Lipinski definition) is 4. The van der Waals surface area contributed by atoms with Gasteiger partial charge in [-0.1, -0.05) is 0 Å². The number of benzene rings is 1. The number of ether oxygens (including phenoxy) is 1. The first-order chi connectivity index (χ1) is 11.3. The summed E-state index contributed by atoms with van der Waals surface area (Å²) in [6, 6.07) is 4.88. The molecule has 1 aliphatic rings. The monoisotopic (exact) mass is 339 g/mol. The second-order valence-corrected chi connectivity index (χ2v) is 5.55. The highest BCUT2D eigenvalue weighted by atomic mass is 19.4. The fourth-order valence-electron chi connectivity index (χ4n) is 2.91. The molecular formula is C16H16F3N3O2. The maximum absolute atomic E-state index is 12.7. The molecule has 1 aromatic carbocycles. The Hall–Kier alpha value is -2.51. The molecule has 5 nitrogen and oxygen atoms in total. The lowest BCUT2D eigenvalue weighted by molar-refractivity contribution is -0.137. The van der Waals surface area contributed by atoms with Gasteiger partial charge in [-0.05, 0) is 37.6 Å². The Kier molecular flexibility index (Phi) is 3.98. The molecule has 0 N–H and O–H groups in total. The second-order valence-electron chi connectivity index (χ2n) is 5.55. The molecule has 0 saturated carbocycles. The minimum Gasteiger partial charge on any atom is -0.465 e. The first kappa shape index (κ1) is 16.4. The van der Waals surface area contributed by atoms with Crippen molar-refractivity contribution >= 4 is 17.5 Å². The number of aryl methyl sites for hydroxylation is 2. The summed E-state index contributed by atoms with van der Waals surface area (Å²) < 4.78 is 44.7. The number of hydrogen-bond donors (Lipinski definition) is 0. The van der Waals surface area contributed by atoms with Crippen molar-refractivity contribution in [2.45, 2.75) is 26.1 Å². The average Bonchev–Trinajstić information content (AvgIpc) is 2.89. The summed E-state index contributed by atoms with van der Waals surface area (Å²) in [6.07, 6.45) is -3.61. The second kappa shape index (κ2) is 5.85. The van der Waals surface area contributed by atoms with Gasteiger partial charge in [-0.3, -0.25) is 0 Å². The molecule has 3 rings (SSSR count). The van der Waals surface area contributed by atoms with Gasteiger partial charge in [0.05, 0.1) is 18.4 Å². The molecular weight excluding hydrogens is 323 g/mol. The SMILES string of the molecule is COC(=O)c1c(C)nn2c1N(c1ccc(C(F)(F)F)cc1)CCC2. The largest absolute Gasteiger partial charge is 0.465 e. The molecule has 0 saturated heterocycles. The van der Waals surface area contributed by atoms with E-state index in [1.54, 1.807) is 16.5 Å². The van der Waals surface area contributed by atoms with Gasteiger partial charge in [0, 0.05) is 18.8 Å². The van der Waals surface area contributed by atoms with E-state index in [-0.39, 0.29) is 0 Å². The molecule has 1 aromatic heterocycles. The molecule has 24 heavy (non-hydrogen) atoms. The fourth-order valence-corrected chi connectivity index (χ4v) is 2.91. The van der Waals surface area contributed by atoms with Gasteiger partial charge in [0.15, 0.2) is 0 Å². The molecule has 0 atom stereocenters. The molecule has 0 unspecified atom stereocenters. The van der Waals surface area contributed by atoms with Gasteiger partial charge in [0.1, 0.15) is 11.4 Å². The lowest BCUT2D eigenvalue weighted by Crippen LogP contribution is -2.29. The molecule has 0 spiro atoms. The summed E-state index contributed by atoms with van der Waals surface area (Å²) in [4.78, 5) is 13.9. The number of nitrogens with zero attached hydrogens (tertiary/aromatic N) is 3. The average molecular weight is 339 g/mol. The van der Waals surface area contributed by atoms with Crippen molar-refractivity contribution in [2.24, 2.45) is 0 Å². The van der Waals surface area contributed by atoms with Crippen molar-refractivity contribution in [3.05, 3.63) is 41.1 Å². The van der Waals surface area contributed by atoms with E-state index >= 15 is 0 Å². The number of fused-ring (bicyclic) bond motifs is 1. The number of alkyl halides is 3. The molecule has 0 radical (unpaired) electrons. The Balaban J connectivity index is 2.05. The van der Waals surface area contributed by atoms with Crippen molar-refractivity contribution in [1.82, 2.24) is 9.78 Å². The number of carbonyl (C=O) groups is 1. The molecule has 0 aliphatic carbocycles. The molecule has 2 aromatic rings. The number of anilines is 2. The summed E-state index contributed by atoms with van der Waals surface area (Å²) in [5, 5.41) is 4.35. The van der Waals surface area contributed by atoms with E-state index < -0.39 is 17.7 Å². The topological polar surface area (TPSA) is 47.4 Å². The summed E-state index contributed by atoms with van der Waals surface area (Å²) in [5.74, 6) is 0.0536. The maximum Gasteiger partial charge on any atom is 0.416 e. The van der Waals surface area contributed by atoms with Crippen molar-refractivity contribution in [1.29, 1.82) is 0 Å². The Morgan fingerprint density at radius 1 is 1.21 bits per heavy atom. The normalized spacial score (nSPS) is 14.5. The number of rotatable bonds is 2. The number of halogens is 3. The summed E-state index contributed by atoms with van der Waals surface area (Å²) in [6.45, 7) is 2.94. The molecule has 0 bridgehead atoms. The fraction of sp³-hybridized carbons (Fsp3) is 0.375. The number of aromatic nitrogens is 2. The van der Waals surface area contributed by atoms with Crippen molar-refractivity contribution in [3.8, 4) is 0 Å². The van der Waals surface area contributed by atoms with Gasteiger partial charge >= 0.3 is 12.1 Å². The highest BCUT2D eigenvalue weighted by Gasteiger charge is 2.32. The molecule has 8 heteroatoms. The van der Waals surface area contributed by atoms with Crippen LogP contribution in [0.2, 0.25) is 0 Å². The van der Waals surface area contributed by atoms with Crippen LogP contribution in [0.3, 0.4) is 0 Å². The van der Waals surface area contributed by atoms with Crippen LogP contribution >= 0.6 is 0 Å². The number of carbonyl (C=O) groups excluding carboxylic acids is 1. The zero-order valence-corrected chi connectivity index (χ0v) is 13.2. The van der Waals surface area contributed by atoms with Crippen LogP contribution in [0.15, 0.2) is 24.3 Å². The van der Waals surface area contributed by atoms with Crippen molar-refractivity contribution in [2.75, 3.05) is 18.6 Å². The van der Waals surface area contributed by atoms with Crippen LogP contribution in [0, 0.1) is 6.92 Å². The van der Waals surface area contributed by atoms with E-state index in [0.717, 1.165) is 18.6 Å².